The Morgan fingerprint density at radius 3 is 2.75 bits per heavy atom. The molecule has 0 heterocycles. The van der Waals surface area contributed by atoms with E-state index < -0.39 is 11.6 Å². The van der Waals surface area contributed by atoms with Crippen LogP contribution in [0.4, 0.5) is 8.78 Å². The Morgan fingerprint density at radius 2 is 1.90 bits per heavy atom. The van der Waals surface area contributed by atoms with Crippen molar-refractivity contribution in [3.8, 4) is 0 Å². The maximum Gasteiger partial charge on any atom is 0.163 e. The zero-order chi connectivity index (χ0) is 14.1. The third-order valence-corrected chi connectivity index (χ3v) is 4.03. The monoisotopic (exact) mass is 273 g/mol. The highest BCUT2D eigenvalue weighted by Crippen LogP contribution is 2.33. The number of benzene rings is 2. The molecule has 0 amide bonds. The lowest BCUT2D eigenvalue weighted by Gasteiger charge is -2.21. The van der Waals surface area contributed by atoms with Crippen molar-refractivity contribution >= 4 is 0 Å². The maximum absolute atomic E-state index is 13.8. The minimum absolute atomic E-state index is 0.212. The van der Waals surface area contributed by atoms with Crippen LogP contribution in [-0.2, 0) is 6.42 Å². The molecule has 0 aromatic heterocycles. The second kappa shape index (κ2) is 5.33. The topological polar surface area (TPSA) is 12.0 Å². The second-order valence-electron chi connectivity index (χ2n) is 5.32. The van der Waals surface area contributed by atoms with E-state index in [1.807, 2.05) is 19.1 Å². The first-order valence-corrected chi connectivity index (χ1v) is 6.94. The van der Waals surface area contributed by atoms with Gasteiger partial charge in [0.05, 0.1) is 0 Å². The first-order valence-electron chi connectivity index (χ1n) is 6.94. The molecule has 0 aliphatic heterocycles. The fraction of sp³-hybridized carbons (Fsp3) is 0.294. The Kier molecular flexibility index (Phi) is 3.53. The Hall–Kier alpha value is -1.74. The third-order valence-electron chi connectivity index (χ3n) is 4.03. The van der Waals surface area contributed by atoms with Crippen LogP contribution < -0.4 is 5.32 Å². The van der Waals surface area contributed by atoms with Crippen LogP contribution in [0.5, 0.6) is 0 Å². The van der Waals surface area contributed by atoms with Crippen molar-refractivity contribution in [2.45, 2.75) is 31.8 Å². The summed E-state index contributed by atoms with van der Waals surface area (Å²) >= 11 is 0. The molecule has 3 heteroatoms. The van der Waals surface area contributed by atoms with E-state index in [1.54, 1.807) is 12.1 Å². The summed E-state index contributed by atoms with van der Waals surface area (Å²) in [6.07, 6.45) is 2.03. The molecule has 2 unspecified atom stereocenters. The van der Waals surface area contributed by atoms with Crippen molar-refractivity contribution in [3.05, 3.63) is 70.8 Å². The molecule has 0 fully saturated rings. The molecule has 2 aromatic carbocycles. The molecular weight excluding hydrogens is 256 g/mol. The highest BCUT2D eigenvalue weighted by Gasteiger charge is 2.24. The summed E-state index contributed by atoms with van der Waals surface area (Å²) in [6, 6.07) is 12.6. The standard InChI is InChI=1S/C17H17F2N/c1-11(13-7-4-8-15(18)17(13)19)20-16-10-9-12-5-2-3-6-14(12)16/h2-8,11,16,20H,9-10H2,1H3. The van der Waals surface area contributed by atoms with Gasteiger partial charge in [0.25, 0.3) is 0 Å². The summed E-state index contributed by atoms with van der Waals surface area (Å²) in [7, 11) is 0. The van der Waals surface area contributed by atoms with E-state index in [0.29, 0.717) is 5.56 Å². The SMILES string of the molecule is CC(NC1CCc2ccccc21)c1cccc(F)c1F. The van der Waals surface area contributed by atoms with Crippen molar-refractivity contribution in [2.24, 2.45) is 0 Å². The van der Waals surface area contributed by atoms with E-state index in [9.17, 15) is 8.78 Å². The molecule has 2 aromatic rings. The third kappa shape index (κ3) is 2.34. The van der Waals surface area contributed by atoms with Crippen LogP contribution in [-0.4, -0.2) is 0 Å². The van der Waals surface area contributed by atoms with E-state index in [4.69, 9.17) is 0 Å². The normalized spacial score (nSPS) is 18.9. The molecule has 1 aliphatic carbocycles. The summed E-state index contributed by atoms with van der Waals surface area (Å²) in [5.74, 6) is -1.54. The van der Waals surface area contributed by atoms with Crippen LogP contribution in [0.2, 0.25) is 0 Å². The summed E-state index contributed by atoms with van der Waals surface area (Å²) in [6.45, 7) is 1.87. The lowest BCUT2D eigenvalue weighted by atomic mass is 10.0. The van der Waals surface area contributed by atoms with Gasteiger partial charge in [-0.3, -0.25) is 0 Å². The molecule has 1 nitrogen and oxygen atoms in total. The fourth-order valence-electron chi connectivity index (χ4n) is 2.98. The second-order valence-corrected chi connectivity index (χ2v) is 5.32. The van der Waals surface area contributed by atoms with Crippen molar-refractivity contribution < 1.29 is 8.78 Å². The number of rotatable bonds is 3. The fourth-order valence-corrected chi connectivity index (χ4v) is 2.98. The zero-order valence-electron chi connectivity index (χ0n) is 11.4. The average Bonchev–Trinajstić information content (AvgIpc) is 2.85. The molecule has 1 aliphatic rings. The summed E-state index contributed by atoms with van der Waals surface area (Å²) in [4.78, 5) is 0. The summed E-state index contributed by atoms with van der Waals surface area (Å²) < 4.78 is 27.1. The number of aryl methyl sites for hydroxylation is 1. The largest absolute Gasteiger partial charge is 0.303 e. The van der Waals surface area contributed by atoms with Gasteiger partial charge in [-0.1, -0.05) is 36.4 Å². The quantitative estimate of drug-likeness (QED) is 0.879. The molecule has 2 atom stereocenters. The van der Waals surface area contributed by atoms with Crippen LogP contribution in [0.15, 0.2) is 42.5 Å². The highest BCUT2D eigenvalue weighted by molar-refractivity contribution is 5.35. The van der Waals surface area contributed by atoms with E-state index in [2.05, 4.69) is 17.4 Å². The number of hydrogen-bond donors (Lipinski definition) is 1. The van der Waals surface area contributed by atoms with Gasteiger partial charge in [0.15, 0.2) is 11.6 Å². The van der Waals surface area contributed by atoms with Crippen LogP contribution in [0, 0.1) is 11.6 Å². The smallest absolute Gasteiger partial charge is 0.163 e. The van der Waals surface area contributed by atoms with Crippen LogP contribution in [0.1, 0.15) is 42.1 Å². The molecule has 3 rings (SSSR count). The molecule has 0 saturated carbocycles. The molecule has 1 N–H and O–H groups in total. The minimum atomic E-state index is -0.789. The van der Waals surface area contributed by atoms with Gasteiger partial charge in [-0.05, 0) is 37.0 Å². The molecule has 0 spiro atoms. The van der Waals surface area contributed by atoms with Gasteiger partial charge in [0.2, 0.25) is 0 Å². The first kappa shape index (κ1) is 13.3. The van der Waals surface area contributed by atoms with Gasteiger partial charge in [0.1, 0.15) is 0 Å². The van der Waals surface area contributed by atoms with Crippen molar-refractivity contribution in [1.29, 1.82) is 0 Å². The Balaban J connectivity index is 1.81. The van der Waals surface area contributed by atoms with Gasteiger partial charge in [-0.2, -0.15) is 0 Å². The van der Waals surface area contributed by atoms with E-state index in [1.165, 1.54) is 11.1 Å². The Morgan fingerprint density at radius 1 is 1.10 bits per heavy atom. The maximum atomic E-state index is 13.8. The van der Waals surface area contributed by atoms with Gasteiger partial charge in [-0.15, -0.1) is 0 Å². The first-order chi connectivity index (χ1) is 9.66. The van der Waals surface area contributed by atoms with Gasteiger partial charge in [-0.25, -0.2) is 8.78 Å². The molecular formula is C17H17F2N. The highest BCUT2D eigenvalue weighted by atomic mass is 19.2. The Labute approximate surface area is 117 Å². The lowest BCUT2D eigenvalue weighted by molar-refractivity contribution is 0.434. The van der Waals surface area contributed by atoms with Crippen LogP contribution in [0.25, 0.3) is 0 Å². The minimum Gasteiger partial charge on any atom is -0.303 e. The summed E-state index contributed by atoms with van der Waals surface area (Å²) in [5, 5.41) is 3.41. The van der Waals surface area contributed by atoms with Gasteiger partial charge >= 0.3 is 0 Å². The molecule has 104 valence electrons. The number of hydrogen-bond acceptors (Lipinski definition) is 1. The molecule has 20 heavy (non-hydrogen) atoms. The predicted octanol–water partition coefficient (Wildman–Crippen LogP) is 4.30. The molecule has 0 radical (unpaired) electrons. The van der Waals surface area contributed by atoms with Crippen molar-refractivity contribution in [1.82, 2.24) is 5.32 Å². The summed E-state index contributed by atoms with van der Waals surface area (Å²) in [5.41, 5.74) is 3.00. The van der Waals surface area contributed by atoms with Crippen LogP contribution in [0.3, 0.4) is 0 Å². The average molecular weight is 273 g/mol. The lowest BCUT2D eigenvalue weighted by Crippen LogP contribution is -2.24. The van der Waals surface area contributed by atoms with E-state index in [0.717, 1.165) is 18.9 Å². The predicted molar refractivity (Wildman–Crippen MR) is 75.4 cm³/mol. The zero-order valence-corrected chi connectivity index (χ0v) is 11.4. The number of nitrogens with one attached hydrogen (secondary N) is 1. The van der Waals surface area contributed by atoms with Gasteiger partial charge in [0, 0.05) is 17.6 Å². The van der Waals surface area contributed by atoms with Crippen molar-refractivity contribution in [2.75, 3.05) is 0 Å². The Bertz CT molecular complexity index is 624. The van der Waals surface area contributed by atoms with Crippen LogP contribution >= 0.6 is 0 Å². The van der Waals surface area contributed by atoms with E-state index >= 15 is 0 Å². The van der Waals surface area contributed by atoms with E-state index in [-0.39, 0.29) is 12.1 Å². The van der Waals surface area contributed by atoms with Crippen molar-refractivity contribution in [3.63, 3.8) is 0 Å². The number of halogens is 2. The number of fused-ring (bicyclic) bond motifs is 1. The molecule has 0 saturated heterocycles. The van der Waals surface area contributed by atoms with Gasteiger partial charge < -0.3 is 5.32 Å². The molecule has 0 bridgehead atoms.